The zero-order valence-corrected chi connectivity index (χ0v) is 8.21. The maximum atomic E-state index is 11.2. The first-order chi connectivity index (χ1) is 7.24. The number of hydrogen-bond acceptors (Lipinski definition) is 3. The van der Waals surface area contributed by atoms with Crippen LogP contribution in [0, 0.1) is 11.3 Å². The molecule has 1 aromatic rings. The molecule has 1 aliphatic heterocycles. The van der Waals surface area contributed by atoms with Gasteiger partial charge in [-0.15, -0.1) is 0 Å². The average Bonchev–Trinajstić information content (AvgIpc) is 2.27. The highest BCUT2D eigenvalue weighted by Gasteiger charge is 2.26. The molecule has 1 heterocycles. The van der Waals surface area contributed by atoms with Gasteiger partial charge in [0.2, 0.25) is 5.91 Å². The molecule has 0 bridgehead atoms. The number of benzene rings is 1. The lowest BCUT2D eigenvalue weighted by molar-refractivity contribution is -0.130. The third kappa shape index (κ3) is 1.48. The van der Waals surface area contributed by atoms with E-state index in [9.17, 15) is 4.79 Å². The Kier molecular flexibility index (Phi) is 2.22. The van der Waals surface area contributed by atoms with Crippen LogP contribution in [-0.4, -0.2) is 17.1 Å². The molecule has 1 aliphatic rings. The molecule has 0 saturated heterocycles. The first-order valence-corrected chi connectivity index (χ1v) is 4.56. The van der Waals surface area contributed by atoms with Gasteiger partial charge in [0.05, 0.1) is 12.3 Å². The Bertz CT molecular complexity index is 473. The van der Waals surface area contributed by atoms with E-state index in [1.54, 1.807) is 6.21 Å². The average molecular weight is 199 g/mol. The maximum Gasteiger partial charge on any atom is 0.241 e. The smallest absolute Gasteiger partial charge is 0.241 e. The number of nitrogens with zero attached hydrogens (tertiary/aromatic N) is 3. The minimum absolute atomic E-state index is 0.229. The fourth-order valence-electron chi connectivity index (χ4n) is 1.59. The van der Waals surface area contributed by atoms with Gasteiger partial charge in [-0.2, -0.15) is 10.4 Å². The minimum atomic E-state index is -0.608. The van der Waals surface area contributed by atoms with Crippen LogP contribution < -0.4 is 0 Å². The summed E-state index contributed by atoms with van der Waals surface area (Å²) in [7, 11) is 0. The van der Waals surface area contributed by atoms with Gasteiger partial charge in [0.25, 0.3) is 0 Å². The Morgan fingerprint density at radius 3 is 2.93 bits per heavy atom. The largest absolute Gasteiger partial charge is 0.273 e. The molecule has 1 amide bonds. The summed E-state index contributed by atoms with van der Waals surface area (Å²) in [5.41, 5.74) is 1.71. The molecule has 0 saturated carbocycles. The molecular weight excluding hydrogens is 190 g/mol. The van der Waals surface area contributed by atoms with Gasteiger partial charge in [0, 0.05) is 12.5 Å². The molecule has 0 spiro atoms. The third-order valence-corrected chi connectivity index (χ3v) is 2.30. The van der Waals surface area contributed by atoms with E-state index in [0.717, 1.165) is 11.1 Å². The summed E-state index contributed by atoms with van der Waals surface area (Å²) >= 11 is 0. The summed E-state index contributed by atoms with van der Waals surface area (Å²) in [6.07, 6.45) is 1.60. The summed E-state index contributed by atoms with van der Waals surface area (Å²) in [6, 6.07) is 8.91. The number of amides is 1. The Morgan fingerprint density at radius 1 is 1.53 bits per heavy atom. The molecule has 0 aliphatic carbocycles. The van der Waals surface area contributed by atoms with Crippen LogP contribution in [0.4, 0.5) is 0 Å². The minimum Gasteiger partial charge on any atom is -0.273 e. The van der Waals surface area contributed by atoms with E-state index in [2.05, 4.69) is 11.2 Å². The SMILES string of the molecule is CC(=O)N1N=Cc2ccccc2[C@H]1C#N. The van der Waals surface area contributed by atoms with Crippen LogP contribution in [0.5, 0.6) is 0 Å². The lowest BCUT2D eigenvalue weighted by atomic mass is 10.0. The fraction of sp³-hybridized carbons (Fsp3) is 0.182. The van der Waals surface area contributed by atoms with E-state index in [1.165, 1.54) is 11.9 Å². The lowest BCUT2D eigenvalue weighted by Crippen LogP contribution is -2.30. The van der Waals surface area contributed by atoms with E-state index in [0.29, 0.717) is 0 Å². The van der Waals surface area contributed by atoms with Crippen molar-refractivity contribution < 1.29 is 4.79 Å². The van der Waals surface area contributed by atoms with Gasteiger partial charge in [0.15, 0.2) is 6.04 Å². The topological polar surface area (TPSA) is 56.5 Å². The predicted octanol–water partition coefficient (Wildman–Crippen LogP) is 1.45. The van der Waals surface area contributed by atoms with Crippen molar-refractivity contribution in [3.63, 3.8) is 0 Å². The lowest BCUT2D eigenvalue weighted by Gasteiger charge is -2.25. The van der Waals surface area contributed by atoms with Crippen LogP contribution in [0.25, 0.3) is 0 Å². The zero-order valence-electron chi connectivity index (χ0n) is 8.21. The van der Waals surface area contributed by atoms with Gasteiger partial charge in [-0.1, -0.05) is 24.3 Å². The van der Waals surface area contributed by atoms with E-state index < -0.39 is 6.04 Å². The highest BCUT2D eigenvalue weighted by Crippen LogP contribution is 2.26. The molecule has 0 unspecified atom stereocenters. The van der Waals surface area contributed by atoms with Crippen LogP contribution in [0.15, 0.2) is 29.4 Å². The first-order valence-electron chi connectivity index (χ1n) is 4.56. The summed E-state index contributed by atoms with van der Waals surface area (Å²) in [5, 5.41) is 14.2. The van der Waals surface area contributed by atoms with Gasteiger partial charge >= 0.3 is 0 Å². The van der Waals surface area contributed by atoms with Crippen molar-refractivity contribution in [1.82, 2.24) is 5.01 Å². The van der Waals surface area contributed by atoms with Crippen molar-refractivity contribution in [2.75, 3.05) is 0 Å². The Balaban J connectivity index is 2.52. The second-order valence-corrected chi connectivity index (χ2v) is 3.27. The van der Waals surface area contributed by atoms with E-state index in [-0.39, 0.29) is 5.91 Å². The van der Waals surface area contributed by atoms with E-state index in [4.69, 9.17) is 5.26 Å². The second-order valence-electron chi connectivity index (χ2n) is 3.27. The van der Waals surface area contributed by atoms with Crippen molar-refractivity contribution in [1.29, 1.82) is 5.26 Å². The molecule has 74 valence electrons. The molecule has 0 fully saturated rings. The van der Waals surface area contributed by atoms with Crippen LogP contribution in [0.2, 0.25) is 0 Å². The number of fused-ring (bicyclic) bond motifs is 1. The summed E-state index contributed by atoms with van der Waals surface area (Å²) in [4.78, 5) is 11.2. The molecule has 15 heavy (non-hydrogen) atoms. The molecule has 0 radical (unpaired) electrons. The Labute approximate surface area is 87.4 Å². The van der Waals surface area contributed by atoms with Crippen molar-refractivity contribution in [2.24, 2.45) is 5.10 Å². The van der Waals surface area contributed by atoms with Crippen LogP contribution in [0.3, 0.4) is 0 Å². The monoisotopic (exact) mass is 199 g/mol. The number of hydrogen-bond donors (Lipinski definition) is 0. The van der Waals surface area contributed by atoms with Gasteiger partial charge in [-0.25, -0.2) is 5.01 Å². The highest BCUT2D eigenvalue weighted by atomic mass is 16.2. The summed E-state index contributed by atoms with van der Waals surface area (Å²) < 4.78 is 0. The molecule has 4 heteroatoms. The fourth-order valence-corrected chi connectivity index (χ4v) is 1.59. The number of carbonyl (C=O) groups is 1. The molecule has 0 N–H and O–H groups in total. The van der Waals surface area contributed by atoms with Gasteiger partial charge in [0.1, 0.15) is 0 Å². The van der Waals surface area contributed by atoms with Crippen molar-refractivity contribution in [2.45, 2.75) is 13.0 Å². The van der Waals surface area contributed by atoms with E-state index >= 15 is 0 Å². The van der Waals surface area contributed by atoms with E-state index in [1.807, 2.05) is 24.3 Å². The molecule has 0 aromatic heterocycles. The van der Waals surface area contributed by atoms with Crippen molar-refractivity contribution in [3.05, 3.63) is 35.4 Å². The van der Waals surface area contributed by atoms with Crippen LogP contribution in [0.1, 0.15) is 24.1 Å². The van der Waals surface area contributed by atoms with Gasteiger partial charge in [-0.3, -0.25) is 4.79 Å². The second kappa shape index (κ2) is 3.54. The third-order valence-electron chi connectivity index (χ3n) is 2.30. The highest BCUT2D eigenvalue weighted by molar-refractivity contribution is 5.86. The quantitative estimate of drug-likeness (QED) is 0.635. The number of hydrazone groups is 1. The van der Waals surface area contributed by atoms with Crippen molar-refractivity contribution in [3.8, 4) is 6.07 Å². The maximum absolute atomic E-state index is 11.2. The summed E-state index contributed by atoms with van der Waals surface area (Å²) in [6.45, 7) is 1.40. The number of rotatable bonds is 0. The Hall–Kier alpha value is -2.15. The molecule has 2 rings (SSSR count). The Morgan fingerprint density at radius 2 is 2.27 bits per heavy atom. The number of nitriles is 1. The molecular formula is C11H9N3O. The zero-order chi connectivity index (χ0) is 10.8. The van der Waals surface area contributed by atoms with Crippen molar-refractivity contribution >= 4 is 12.1 Å². The standard InChI is InChI=1S/C11H9N3O/c1-8(15)14-11(6-12)10-5-3-2-4-9(10)7-13-14/h2-5,7,11H,1H3/t11-/m1/s1. The molecule has 1 aromatic carbocycles. The molecule has 1 atom stereocenters. The van der Waals surface area contributed by atoms with Crippen LogP contribution in [-0.2, 0) is 4.79 Å². The number of carbonyl (C=O) groups excluding carboxylic acids is 1. The predicted molar refractivity (Wildman–Crippen MR) is 54.9 cm³/mol. The first kappa shape index (κ1) is 9.41. The van der Waals surface area contributed by atoms with Crippen LogP contribution >= 0.6 is 0 Å². The molecule has 4 nitrogen and oxygen atoms in total. The van der Waals surface area contributed by atoms with Gasteiger partial charge < -0.3 is 0 Å². The normalized spacial score (nSPS) is 18.1. The van der Waals surface area contributed by atoms with Gasteiger partial charge in [-0.05, 0) is 5.56 Å². The summed E-state index contributed by atoms with van der Waals surface area (Å²) in [5.74, 6) is -0.229.